The highest BCUT2D eigenvalue weighted by molar-refractivity contribution is 8.00. The van der Waals surface area contributed by atoms with Gasteiger partial charge in [-0.3, -0.25) is 4.79 Å². The molecule has 4 rings (SSSR count). The Morgan fingerprint density at radius 1 is 1.03 bits per heavy atom. The lowest BCUT2D eigenvalue weighted by Gasteiger charge is -2.21. The Balaban J connectivity index is 1.93. The number of hydrogen-bond donors (Lipinski definition) is 1. The van der Waals surface area contributed by atoms with Crippen molar-refractivity contribution in [3.63, 3.8) is 0 Å². The topological polar surface area (TPSA) is 74.6 Å². The summed E-state index contributed by atoms with van der Waals surface area (Å²) in [5.74, 6) is 2.61. The molecule has 2 heterocycles. The molecule has 8 heteroatoms. The van der Waals surface area contributed by atoms with Gasteiger partial charge in [0.15, 0.2) is 11.5 Å². The van der Waals surface area contributed by atoms with E-state index in [1.54, 1.807) is 26.0 Å². The second kappa shape index (κ2) is 8.31. The largest absolute Gasteiger partial charge is 0.493 e. The molecule has 0 bridgehead atoms. The first-order chi connectivity index (χ1) is 14.6. The number of rotatable bonds is 5. The van der Waals surface area contributed by atoms with Gasteiger partial charge >= 0.3 is 0 Å². The number of ether oxygens (including phenoxy) is 3. The smallest absolute Gasteiger partial charge is 0.235 e. The third kappa shape index (κ3) is 3.37. The molecule has 0 unspecified atom stereocenters. The van der Waals surface area contributed by atoms with Gasteiger partial charge in [-0.05, 0) is 31.2 Å². The molecule has 3 aromatic rings. The van der Waals surface area contributed by atoms with Gasteiger partial charge in [-0.15, -0.1) is 11.8 Å². The number of carbonyl (C=O) groups is 1. The van der Waals surface area contributed by atoms with Crippen molar-refractivity contribution in [1.29, 1.82) is 0 Å². The molecule has 2 aromatic carbocycles. The van der Waals surface area contributed by atoms with Crippen molar-refractivity contribution < 1.29 is 19.0 Å². The summed E-state index contributed by atoms with van der Waals surface area (Å²) in [5, 5.41) is 7.61. The van der Waals surface area contributed by atoms with Gasteiger partial charge in [0, 0.05) is 11.1 Å². The average molecular weight is 426 g/mol. The van der Waals surface area contributed by atoms with Crippen molar-refractivity contribution in [3.8, 4) is 22.9 Å². The van der Waals surface area contributed by atoms with E-state index in [1.165, 1.54) is 11.8 Å². The number of hydrogen-bond acceptors (Lipinski definition) is 6. The number of amides is 1. The summed E-state index contributed by atoms with van der Waals surface area (Å²) < 4.78 is 18.5. The fourth-order valence-electron chi connectivity index (χ4n) is 3.72. The molecule has 1 amide bonds. The summed E-state index contributed by atoms with van der Waals surface area (Å²) in [4.78, 5) is 12.5. The molecule has 1 aromatic heterocycles. The molecule has 156 valence electrons. The number of thioether (sulfide) groups is 1. The number of fused-ring (bicyclic) bond motifs is 1. The lowest BCUT2D eigenvalue weighted by Crippen LogP contribution is -2.15. The lowest BCUT2D eigenvalue weighted by molar-refractivity contribution is -0.113. The average Bonchev–Trinajstić information content (AvgIpc) is 2.98. The molecule has 0 saturated carbocycles. The van der Waals surface area contributed by atoms with Gasteiger partial charge in [0.1, 0.15) is 5.82 Å². The predicted octanol–water partition coefficient (Wildman–Crippen LogP) is 3.98. The first-order valence-corrected chi connectivity index (χ1v) is 10.5. The number of para-hydroxylation sites is 1. The zero-order chi connectivity index (χ0) is 21.3. The highest BCUT2D eigenvalue weighted by Crippen LogP contribution is 2.50. The van der Waals surface area contributed by atoms with Gasteiger partial charge in [-0.1, -0.05) is 18.2 Å². The van der Waals surface area contributed by atoms with Crippen LogP contribution in [0.3, 0.4) is 0 Å². The normalized spacial score (nSPS) is 15.7. The van der Waals surface area contributed by atoms with Gasteiger partial charge in [0.25, 0.3) is 0 Å². The second-order valence-corrected chi connectivity index (χ2v) is 7.85. The van der Waals surface area contributed by atoms with Crippen molar-refractivity contribution in [2.24, 2.45) is 0 Å². The van der Waals surface area contributed by atoms with E-state index in [1.807, 2.05) is 49.4 Å². The van der Waals surface area contributed by atoms with Crippen LogP contribution in [-0.2, 0) is 4.79 Å². The molecule has 30 heavy (non-hydrogen) atoms. The van der Waals surface area contributed by atoms with Crippen molar-refractivity contribution in [2.45, 2.75) is 12.2 Å². The van der Waals surface area contributed by atoms with Crippen molar-refractivity contribution in [1.82, 2.24) is 9.78 Å². The first kappa shape index (κ1) is 20.2. The van der Waals surface area contributed by atoms with Crippen LogP contribution in [0.4, 0.5) is 5.82 Å². The molecule has 7 nitrogen and oxygen atoms in total. The molecule has 1 atom stereocenters. The summed E-state index contributed by atoms with van der Waals surface area (Å²) in [5.41, 5.74) is 3.56. The molecule has 0 saturated heterocycles. The Morgan fingerprint density at radius 2 is 1.77 bits per heavy atom. The van der Waals surface area contributed by atoms with Crippen LogP contribution < -0.4 is 19.5 Å². The third-order valence-electron chi connectivity index (χ3n) is 5.03. The zero-order valence-electron chi connectivity index (χ0n) is 17.3. The number of carbonyl (C=O) groups excluding carboxylic acids is 1. The highest BCUT2D eigenvalue weighted by atomic mass is 32.2. The molecule has 1 aliphatic heterocycles. The Bertz CT molecular complexity index is 1080. The van der Waals surface area contributed by atoms with Crippen molar-refractivity contribution in [3.05, 3.63) is 59.3 Å². The Labute approximate surface area is 179 Å². The Morgan fingerprint density at radius 3 is 2.43 bits per heavy atom. The van der Waals surface area contributed by atoms with Crippen molar-refractivity contribution in [2.75, 3.05) is 32.4 Å². The maximum absolute atomic E-state index is 12.5. The van der Waals surface area contributed by atoms with E-state index < -0.39 is 0 Å². The van der Waals surface area contributed by atoms with Crippen LogP contribution in [-0.4, -0.2) is 42.8 Å². The minimum absolute atomic E-state index is 0.0692. The molecular weight excluding hydrogens is 402 g/mol. The SMILES string of the molecule is COc1ccc([C@@H]2SCC(=O)Nc3c2c(C)nn3-c2ccccc2)c(OC)c1OC. The third-order valence-corrected chi connectivity index (χ3v) is 6.28. The van der Waals surface area contributed by atoms with E-state index in [2.05, 4.69) is 5.32 Å². The standard InChI is InChI=1S/C22H23N3O4S/c1-13-18-21(15-10-11-16(27-2)20(29-4)19(15)28-3)30-12-17(26)23-22(18)25(24-13)14-8-6-5-7-9-14/h5-11,21H,12H2,1-4H3,(H,23,26)/t21-/m0/s1. The van der Waals surface area contributed by atoms with Gasteiger partial charge in [-0.2, -0.15) is 5.10 Å². The summed E-state index contributed by atoms with van der Waals surface area (Å²) in [6, 6.07) is 13.6. The maximum atomic E-state index is 12.5. The molecule has 0 aliphatic carbocycles. The molecule has 1 N–H and O–H groups in total. The molecular formula is C22H23N3O4S. The van der Waals surface area contributed by atoms with Crippen LogP contribution in [0.5, 0.6) is 17.2 Å². The fourth-order valence-corrected chi connectivity index (χ4v) is 4.92. The van der Waals surface area contributed by atoms with Crippen LogP contribution >= 0.6 is 11.8 Å². The van der Waals surface area contributed by atoms with E-state index in [-0.39, 0.29) is 11.2 Å². The van der Waals surface area contributed by atoms with Crippen LogP contribution in [0.15, 0.2) is 42.5 Å². The fraction of sp³-hybridized carbons (Fsp3) is 0.273. The quantitative estimate of drug-likeness (QED) is 0.667. The maximum Gasteiger partial charge on any atom is 0.235 e. The number of methoxy groups -OCH3 is 3. The second-order valence-electron chi connectivity index (χ2n) is 6.76. The van der Waals surface area contributed by atoms with E-state index >= 15 is 0 Å². The number of aryl methyl sites for hydroxylation is 1. The molecule has 0 radical (unpaired) electrons. The zero-order valence-corrected chi connectivity index (χ0v) is 18.1. The van der Waals surface area contributed by atoms with Crippen LogP contribution in [0, 0.1) is 6.92 Å². The van der Waals surface area contributed by atoms with Crippen LogP contribution in [0.1, 0.15) is 22.1 Å². The first-order valence-electron chi connectivity index (χ1n) is 9.44. The number of nitrogens with one attached hydrogen (secondary N) is 1. The van der Waals surface area contributed by atoms with E-state index in [0.29, 0.717) is 28.8 Å². The van der Waals surface area contributed by atoms with Gasteiger partial charge in [0.2, 0.25) is 11.7 Å². The number of nitrogens with zero attached hydrogens (tertiary/aromatic N) is 2. The molecule has 1 aliphatic rings. The minimum Gasteiger partial charge on any atom is -0.493 e. The van der Waals surface area contributed by atoms with E-state index in [9.17, 15) is 4.79 Å². The van der Waals surface area contributed by atoms with Crippen LogP contribution in [0.25, 0.3) is 5.69 Å². The number of aromatic nitrogens is 2. The van der Waals surface area contributed by atoms with Gasteiger partial charge in [-0.25, -0.2) is 4.68 Å². The summed E-state index contributed by atoms with van der Waals surface area (Å²) >= 11 is 1.53. The minimum atomic E-state index is -0.175. The predicted molar refractivity (Wildman–Crippen MR) is 117 cm³/mol. The molecule has 0 spiro atoms. The summed E-state index contributed by atoms with van der Waals surface area (Å²) in [6.07, 6.45) is 0. The van der Waals surface area contributed by atoms with Gasteiger partial charge in [0.05, 0.1) is 43.7 Å². The highest BCUT2D eigenvalue weighted by Gasteiger charge is 2.33. The summed E-state index contributed by atoms with van der Waals surface area (Å²) in [6.45, 7) is 1.95. The lowest BCUT2D eigenvalue weighted by atomic mass is 10.0. The number of anilines is 1. The van der Waals surface area contributed by atoms with E-state index in [0.717, 1.165) is 22.5 Å². The van der Waals surface area contributed by atoms with Crippen LogP contribution in [0.2, 0.25) is 0 Å². The Hall–Kier alpha value is -3.13. The number of benzene rings is 2. The van der Waals surface area contributed by atoms with Crippen molar-refractivity contribution >= 4 is 23.5 Å². The summed E-state index contributed by atoms with van der Waals surface area (Å²) in [7, 11) is 4.78. The monoisotopic (exact) mass is 425 g/mol. The Kier molecular flexibility index (Phi) is 5.59. The van der Waals surface area contributed by atoms with E-state index in [4.69, 9.17) is 19.3 Å². The van der Waals surface area contributed by atoms with Gasteiger partial charge < -0.3 is 19.5 Å². The molecule has 0 fully saturated rings.